The molecule has 0 amide bonds. The van der Waals surface area contributed by atoms with E-state index < -0.39 is 0 Å². The summed E-state index contributed by atoms with van der Waals surface area (Å²) < 4.78 is 17.3. The van der Waals surface area contributed by atoms with Gasteiger partial charge in [0.2, 0.25) is 0 Å². The standard InChI is InChI=1S/C17H18FN5O/c1-10-7-12(8-11(2)15(10)18)23-16(22-6-5-20-17(22)24)13-9-19-4-3-14(13)21-23/h5-8,19H,3-4,9H2,1-2H3,(H,20,24). The first-order chi connectivity index (χ1) is 11.6. The monoisotopic (exact) mass is 327 g/mol. The van der Waals surface area contributed by atoms with Crippen molar-refractivity contribution in [3.8, 4) is 11.5 Å². The summed E-state index contributed by atoms with van der Waals surface area (Å²) in [4.78, 5) is 14.8. The molecule has 0 aliphatic carbocycles. The molecule has 7 heteroatoms. The third kappa shape index (κ3) is 2.20. The predicted octanol–water partition coefficient (Wildman–Crippen LogP) is 1.75. The number of H-pyrrole nitrogens is 1. The quantitative estimate of drug-likeness (QED) is 0.753. The number of fused-ring (bicyclic) bond motifs is 1. The minimum absolute atomic E-state index is 0.210. The topological polar surface area (TPSA) is 67.6 Å². The minimum atomic E-state index is -0.222. The van der Waals surface area contributed by atoms with Crippen molar-refractivity contribution in [2.24, 2.45) is 0 Å². The van der Waals surface area contributed by atoms with Gasteiger partial charge in [0.05, 0.1) is 11.4 Å². The summed E-state index contributed by atoms with van der Waals surface area (Å²) in [7, 11) is 0. The Hall–Kier alpha value is -2.67. The van der Waals surface area contributed by atoms with Crippen LogP contribution in [-0.4, -0.2) is 25.9 Å². The molecule has 1 aliphatic heterocycles. The van der Waals surface area contributed by atoms with E-state index in [4.69, 9.17) is 5.10 Å². The summed E-state index contributed by atoms with van der Waals surface area (Å²) in [6.07, 6.45) is 4.09. The number of nitrogens with zero attached hydrogens (tertiary/aromatic N) is 3. The number of imidazole rings is 1. The molecule has 2 N–H and O–H groups in total. The van der Waals surface area contributed by atoms with Crippen molar-refractivity contribution in [3.63, 3.8) is 0 Å². The smallest absolute Gasteiger partial charge is 0.312 e. The van der Waals surface area contributed by atoms with Crippen molar-refractivity contribution in [3.05, 3.63) is 63.2 Å². The van der Waals surface area contributed by atoms with Crippen molar-refractivity contribution in [1.82, 2.24) is 24.6 Å². The lowest BCUT2D eigenvalue weighted by Crippen LogP contribution is -2.25. The zero-order valence-corrected chi connectivity index (χ0v) is 13.6. The third-order valence-corrected chi connectivity index (χ3v) is 4.42. The molecule has 0 unspecified atom stereocenters. The van der Waals surface area contributed by atoms with Crippen LogP contribution in [0, 0.1) is 19.7 Å². The van der Waals surface area contributed by atoms with Gasteiger partial charge in [0.25, 0.3) is 0 Å². The van der Waals surface area contributed by atoms with Crippen LogP contribution in [0.4, 0.5) is 4.39 Å². The van der Waals surface area contributed by atoms with Crippen molar-refractivity contribution < 1.29 is 4.39 Å². The van der Waals surface area contributed by atoms with E-state index in [1.54, 1.807) is 47.6 Å². The Bertz CT molecular complexity index is 958. The van der Waals surface area contributed by atoms with Gasteiger partial charge in [-0.05, 0) is 37.1 Å². The lowest BCUT2D eigenvalue weighted by atomic mass is 10.1. The second-order valence-corrected chi connectivity index (χ2v) is 6.12. The highest BCUT2D eigenvalue weighted by atomic mass is 19.1. The highest BCUT2D eigenvalue weighted by Gasteiger charge is 2.24. The molecule has 2 aromatic heterocycles. The molecular formula is C17H18FN5O. The number of hydrogen-bond acceptors (Lipinski definition) is 3. The van der Waals surface area contributed by atoms with E-state index in [-0.39, 0.29) is 11.5 Å². The molecule has 0 radical (unpaired) electrons. The Morgan fingerprint density at radius 1 is 1.25 bits per heavy atom. The first-order valence-corrected chi connectivity index (χ1v) is 7.91. The van der Waals surface area contributed by atoms with Gasteiger partial charge in [0.15, 0.2) is 0 Å². The predicted molar refractivity (Wildman–Crippen MR) is 88.4 cm³/mol. The molecular weight excluding hydrogens is 309 g/mol. The van der Waals surface area contributed by atoms with Crippen LogP contribution in [0.1, 0.15) is 22.4 Å². The maximum Gasteiger partial charge on any atom is 0.331 e. The van der Waals surface area contributed by atoms with E-state index in [0.717, 1.165) is 29.9 Å². The van der Waals surface area contributed by atoms with Crippen molar-refractivity contribution >= 4 is 0 Å². The average Bonchev–Trinajstić information content (AvgIpc) is 3.15. The number of nitrogens with one attached hydrogen (secondary N) is 2. The molecule has 6 nitrogen and oxygen atoms in total. The maximum absolute atomic E-state index is 14.0. The van der Waals surface area contributed by atoms with Crippen LogP contribution in [0.15, 0.2) is 29.3 Å². The van der Waals surface area contributed by atoms with Crippen LogP contribution in [0.5, 0.6) is 0 Å². The summed E-state index contributed by atoms with van der Waals surface area (Å²) in [5, 5.41) is 8.03. The number of hydrogen-bond donors (Lipinski definition) is 2. The van der Waals surface area contributed by atoms with Crippen LogP contribution < -0.4 is 11.0 Å². The fraction of sp³-hybridized carbons (Fsp3) is 0.294. The summed E-state index contributed by atoms with van der Waals surface area (Å²) in [5.74, 6) is 0.492. The molecule has 0 saturated heterocycles. The lowest BCUT2D eigenvalue weighted by Gasteiger charge is -2.14. The number of aromatic nitrogens is 4. The van der Waals surface area contributed by atoms with Gasteiger partial charge in [-0.2, -0.15) is 5.10 Å². The number of aryl methyl sites for hydroxylation is 2. The summed E-state index contributed by atoms with van der Waals surface area (Å²) in [6.45, 7) is 4.98. The highest BCUT2D eigenvalue weighted by Crippen LogP contribution is 2.26. The van der Waals surface area contributed by atoms with Gasteiger partial charge in [-0.15, -0.1) is 0 Å². The Labute approximate surface area is 137 Å². The first kappa shape index (κ1) is 14.9. The van der Waals surface area contributed by atoms with Gasteiger partial charge < -0.3 is 10.3 Å². The zero-order chi connectivity index (χ0) is 16.8. The van der Waals surface area contributed by atoms with E-state index >= 15 is 0 Å². The zero-order valence-electron chi connectivity index (χ0n) is 13.6. The largest absolute Gasteiger partial charge is 0.331 e. The molecule has 124 valence electrons. The molecule has 3 aromatic rings. The Kier molecular flexibility index (Phi) is 3.38. The normalized spacial score (nSPS) is 14.0. The Morgan fingerprint density at radius 2 is 2.00 bits per heavy atom. The highest BCUT2D eigenvalue weighted by molar-refractivity contribution is 5.49. The summed E-state index contributed by atoms with van der Waals surface area (Å²) in [6, 6.07) is 3.52. The van der Waals surface area contributed by atoms with Gasteiger partial charge in [-0.3, -0.25) is 4.57 Å². The van der Waals surface area contributed by atoms with E-state index in [2.05, 4.69) is 10.3 Å². The first-order valence-electron chi connectivity index (χ1n) is 7.91. The van der Waals surface area contributed by atoms with Gasteiger partial charge in [-0.1, -0.05) is 0 Å². The van der Waals surface area contributed by atoms with Gasteiger partial charge in [0.1, 0.15) is 11.6 Å². The fourth-order valence-corrected chi connectivity index (χ4v) is 3.25. The number of rotatable bonds is 2. The van der Waals surface area contributed by atoms with Crippen molar-refractivity contribution in [1.29, 1.82) is 0 Å². The Balaban J connectivity index is 2.01. The molecule has 24 heavy (non-hydrogen) atoms. The van der Waals surface area contributed by atoms with Crippen LogP contribution >= 0.6 is 0 Å². The molecule has 0 saturated carbocycles. The van der Waals surface area contributed by atoms with E-state index in [1.165, 1.54) is 0 Å². The van der Waals surface area contributed by atoms with E-state index in [1.807, 2.05) is 0 Å². The molecule has 4 rings (SSSR count). The average molecular weight is 327 g/mol. The van der Waals surface area contributed by atoms with Crippen molar-refractivity contribution in [2.75, 3.05) is 6.54 Å². The lowest BCUT2D eigenvalue weighted by molar-refractivity contribution is 0.608. The SMILES string of the molecule is Cc1cc(-n2nc3c(c2-n2cc[nH]c2=O)CNCC3)cc(C)c1F. The second-order valence-electron chi connectivity index (χ2n) is 6.12. The molecule has 3 heterocycles. The van der Waals surface area contributed by atoms with Crippen molar-refractivity contribution in [2.45, 2.75) is 26.8 Å². The number of aromatic amines is 1. The molecule has 0 spiro atoms. The van der Waals surface area contributed by atoms with Gasteiger partial charge in [0, 0.05) is 37.5 Å². The second kappa shape index (κ2) is 5.45. The van der Waals surface area contributed by atoms with Gasteiger partial charge >= 0.3 is 5.69 Å². The number of halogens is 1. The molecule has 0 bridgehead atoms. The van der Waals surface area contributed by atoms with Crippen LogP contribution in [0.3, 0.4) is 0 Å². The van der Waals surface area contributed by atoms with E-state index in [9.17, 15) is 9.18 Å². The summed E-state index contributed by atoms with van der Waals surface area (Å²) >= 11 is 0. The maximum atomic E-state index is 14.0. The Morgan fingerprint density at radius 3 is 2.67 bits per heavy atom. The third-order valence-electron chi connectivity index (χ3n) is 4.42. The fourth-order valence-electron chi connectivity index (χ4n) is 3.25. The van der Waals surface area contributed by atoms with Crippen LogP contribution in [0.25, 0.3) is 11.5 Å². The van der Waals surface area contributed by atoms with Crippen LogP contribution in [-0.2, 0) is 13.0 Å². The minimum Gasteiger partial charge on any atom is -0.312 e. The molecule has 0 atom stereocenters. The van der Waals surface area contributed by atoms with Gasteiger partial charge in [-0.25, -0.2) is 13.9 Å². The van der Waals surface area contributed by atoms with Crippen LogP contribution in [0.2, 0.25) is 0 Å². The summed E-state index contributed by atoms with van der Waals surface area (Å²) in [5.41, 5.74) is 3.62. The molecule has 1 aliphatic rings. The molecule has 1 aromatic carbocycles. The number of benzene rings is 1. The molecule has 0 fully saturated rings. The van der Waals surface area contributed by atoms with E-state index in [0.29, 0.717) is 23.5 Å².